The molecular weight excluding hydrogens is 260 g/mol. The molecule has 5 heteroatoms. The third-order valence-corrected chi connectivity index (χ3v) is 2.37. The van der Waals surface area contributed by atoms with Crippen LogP contribution < -0.4 is 10.9 Å². The summed E-state index contributed by atoms with van der Waals surface area (Å²) in [6.45, 7) is 1.33. The largest absolute Gasteiger partial charge is 0.274 e. The van der Waals surface area contributed by atoms with Gasteiger partial charge in [-0.1, -0.05) is 28.1 Å². The number of carbonyl (C=O) groups excluding carboxylic acids is 2. The lowest BCUT2D eigenvalue weighted by Crippen LogP contribution is -2.40. The Balaban J connectivity index is 2.62. The number of hydrogen-bond acceptors (Lipinski definition) is 2. The number of alkyl halides is 1. The van der Waals surface area contributed by atoms with Gasteiger partial charge in [0.2, 0.25) is 5.91 Å². The first-order valence-corrected chi connectivity index (χ1v) is 5.47. The van der Waals surface area contributed by atoms with Crippen molar-refractivity contribution in [3.63, 3.8) is 0 Å². The number of amides is 2. The Bertz CT molecular complexity index is 362. The molecule has 0 atom stereocenters. The fourth-order valence-electron chi connectivity index (χ4n) is 0.962. The molecule has 1 aromatic rings. The van der Waals surface area contributed by atoms with E-state index in [0.717, 1.165) is 10.9 Å². The van der Waals surface area contributed by atoms with Gasteiger partial charge in [0, 0.05) is 17.8 Å². The fourth-order valence-corrected chi connectivity index (χ4v) is 1.34. The zero-order valence-corrected chi connectivity index (χ0v) is 9.80. The Morgan fingerprint density at radius 2 is 1.80 bits per heavy atom. The number of hydrazine groups is 1. The smallest absolute Gasteiger partial charge is 0.269 e. The summed E-state index contributed by atoms with van der Waals surface area (Å²) in [6, 6.07) is 7.09. The average molecular weight is 271 g/mol. The normalized spacial score (nSPS) is 9.47. The van der Waals surface area contributed by atoms with Gasteiger partial charge < -0.3 is 0 Å². The first-order valence-electron chi connectivity index (χ1n) is 4.35. The van der Waals surface area contributed by atoms with E-state index in [4.69, 9.17) is 0 Å². The SMILES string of the molecule is CC(=O)NNC(=O)c1ccc(CBr)cc1. The molecule has 0 fully saturated rings. The molecule has 0 heterocycles. The quantitative estimate of drug-likeness (QED) is 0.630. The molecule has 2 N–H and O–H groups in total. The van der Waals surface area contributed by atoms with Crippen molar-refractivity contribution < 1.29 is 9.59 Å². The second-order valence-corrected chi connectivity index (χ2v) is 3.53. The van der Waals surface area contributed by atoms with E-state index < -0.39 is 0 Å². The molecule has 4 nitrogen and oxygen atoms in total. The molecule has 0 unspecified atom stereocenters. The molecule has 0 aliphatic carbocycles. The van der Waals surface area contributed by atoms with Crippen molar-refractivity contribution in [1.29, 1.82) is 0 Å². The van der Waals surface area contributed by atoms with Crippen LogP contribution in [0.3, 0.4) is 0 Å². The maximum Gasteiger partial charge on any atom is 0.269 e. The number of carbonyl (C=O) groups is 2. The number of halogens is 1. The Labute approximate surface area is 96.2 Å². The van der Waals surface area contributed by atoms with Gasteiger partial charge in [-0.05, 0) is 17.7 Å². The van der Waals surface area contributed by atoms with Crippen molar-refractivity contribution in [2.45, 2.75) is 12.3 Å². The highest BCUT2D eigenvalue weighted by Gasteiger charge is 2.04. The first-order chi connectivity index (χ1) is 7.13. The van der Waals surface area contributed by atoms with Gasteiger partial charge >= 0.3 is 0 Å². The zero-order chi connectivity index (χ0) is 11.3. The van der Waals surface area contributed by atoms with Gasteiger partial charge in [0.05, 0.1) is 0 Å². The van der Waals surface area contributed by atoms with Crippen LogP contribution in [0.15, 0.2) is 24.3 Å². The van der Waals surface area contributed by atoms with Crippen LogP contribution in [0.25, 0.3) is 0 Å². The second kappa shape index (κ2) is 5.50. The number of hydrogen-bond donors (Lipinski definition) is 2. The molecular formula is C10H11BrN2O2. The topological polar surface area (TPSA) is 58.2 Å². The molecule has 0 aliphatic rings. The predicted molar refractivity (Wildman–Crippen MR) is 60.4 cm³/mol. The summed E-state index contributed by atoms with van der Waals surface area (Å²) in [4.78, 5) is 22.0. The molecule has 1 rings (SSSR count). The maximum atomic E-state index is 11.4. The van der Waals surface area contributed by atoms with Crippen LogP contribution >= 0.6 is 15.9 Å². The minimum Gasteiger partial charge on any atom is -0.274 e. The Kier molecular flexibility index (Phi) is 4.30. The minimum atomic E-state index is -0.327. The average Bonchev–Trinajstić information content (AvgIpc) is 2.26. The predicted octanol–water partition coefficient (Wildman–Crippen LogP) is 1.36. The zero-order valence-electron chi connectivity index (χ0n) is 8.21. The monoisotopic (exact) mass is 270 g/mol. The van der Waals surface area contributed by atoms with Crippen molar-refractivity contribution in [2.75, 3.05) is 0 Å². The standard InChI is InChI=1S/C10H11BrN2O2/c1-7(14)12-13-10(15)9-4-2-8(6-11)3-5-9/h2-5H,6H2,1H3,(H,12,14)(H,13,15). The molecule has 80 valence electrons. The van der Waals surface area contributed by atoms with Crippen LogP contribution in [0.5, 0.6) is 0 Å². The number of nitrogens with one attached hydrogen (secondary N) is 2. The van der Waals surface area contributed by atoms with Crippen molar-refractivity contribution in [2.24, 2.45) is 0 Å². The van der Waals surface area contributed by atoms with Crippen LogP contribution in [0.1, 0.15) is 22.8 Å². The van der Waals surface area contributed by atoms with Crippen LogP contribution in [0.2, 0.25) is 0 Å². The van der Waals surface area contributed by atoms with Gasteiger partial charge in [0.25, 0.3) is 5.91 Å². The summed E-state index contributed by atoms with van der Waals surface area (Å²) in [5.41, 5.74) is 6.11. The second-order valence-electron chi connectivity index (χ2n) is 2.97. The molecule has 1 aromatic carbocycles. The lowest BCUT2D eigenvalue weighted by molar-refractivity contribution is -0.119. The van der Waals surface area contributed by atoms with Gasteiger partial charge in [-0.2, -0.15) is 0 Å². The van der Waals surface area contributed by atoms with Crippen LogP contribution in [0.4, 0.5) is 0 Å². The third-order valence-electron chi connectivity index (χ3n) is 1.72. The lowest BCUT2D eigenvalue weighted by Gasteiger charge is -2.05. The van der Waals surface area contributed by atoms with Crippen molar-refractivity contribution in [3.05, 3.63) is 35.4 Å². The van der Waals surface area contributed by atoms with Crippen molar-refractivity contribution >= 4 is 27.7 Å². The highest BCUT2D eigenvalue weighted by Crippen LogP contribution is 2.07. The first kappa shape index (κ1) is 11.7. The van der Waals surface area contributed by atoms with E-state index in [2.05, 4.69) is 26.8 Å². The summed E-state index contributed by atoms with van der Waals surface area (Å²) in [5.74, 6) is -0.633. The molecule has 15 heavy (non-hydrogen) atoms. The van der Waals surface area contributed by atoms with Crippen LogP contribution in [-0.4, -0.2) is 11.8 Å². The Hall–Kier alpha value is -1.36. The van der Waals surface area contributed by atoms with Crippen LogP contribution in [0, 0.1) is 0 Å². The Morgan fingerprint density at radius 1 is 1.20 bits per heavy atom. The van der Waals surface area contributed by atoms with E-state index >= 15 is 0 Å². The van der Waals surface area contributed by atoms with E-state index in [1.807, 2.05) is 12.1 Å². The molecule has 0 saturated carbocycles. The van der Waals surface area contributed by atoms with Crippen molar-refractivity contribution in [3.8, 4) is 0 Å². The molecule has 0 bridgehead atoms. The fraction of sp³-hybridized carbons (Fsp3) is 0.200. The third kappa shape index (κ3) is 3.71. The van der Waals surface area contributed by atoms with Gasteiger partial charge in [-0.25, -0.2) is 0 Å². The van der Waals surface area contributed by atoms with E-state index in [-0.39, 0.29) is 11.8 Å². The van der Waals surface area contributed by atoms with Crippen molar-refractivity contribution in [1.82, 2.24) is 10.9 Å². The number of benzene rings is 1. The van der Waals surface area contributed by atoms with Gasteiger partial charge in [0.15, 0.2) is 0 Å². The van der Waals surface area contributed by atoms with Gasteiger partial charge in [-0.3, -0.25) is 20.4 Å². The van der Waals surface area contributed by atoms with E-state index in [9.17, 15) is 9.59 Å². The number of rotatable bonds is 2. The molecule has 0 spiro atoms. The minimum absolute atomic E-state index is 0.305. The summed E-state index contributed by atoms with van der Waals surface area (Å²) in [6.07, 6.45) is 0. The summed E-state index contributed by atoms with van der Waals surface area (Å²) < 4.78 is 0. The van der Waals surface area contributed by atoms with Crippen LogP contribution in [-0.2, 0) is 10.1 Å². The molecule has 0 saturated heterocycles. The summed E-state index contributed by atoms with van der Waals surface area (Å²) in [7, 11) is 0. The highest BCUT2D eigenvalue weighted by atomic mass is 79.9. The molecule has 0 radical (unpaired) electrons. The van der Waals surface area contributed by atoms with Gasteiger partial charge in [0.1, 0.15) is 0 Å². The van der Waals surface area contributed by atoms with E-state index in [0.29, 0.717) is 5.56 Å². The van der Waals surface area contributed by atoms with E-state index in [1.54, 1.807) is 12.1 Å². The van der Waals surface area contributed by atoms with E-state index in [1.165, 1.54) is 6.92 Å². The lowest BCUT2D eigenvalue weighted by atomic mass is 10.1. The Morgan fingerprint density at radius 3 is 2.27 bits per heavy atom. The highest BCUT2D eigenvalue weighted by molar-refractivity contribution is 9.08. The summed E-state index contributed by atoms with van der Waals surface area (Å²) >= 11 is 3.31. The molecule has 0 aromatic heterocycles. The maximum absolute atomic E-state index is 11.4. The van der Waals surface area contributed by atoms with Gasteiger partial charge in [-0.15, -0.1) is 0 Å². The molecule has 2 amide bonds. The molecule has 0 aliphatic heterocycles. The summed E-state index contributed by atoms with van der Waals surface area (Å²) in [5, 5.41) is 0.751.